The molecule has 1 amide bonds. The van der Waals surface area contributed by atoms with Crippen LogP contribution < -0.4 is 10.0 Å². The first-order chi connectivity index (χ1) is 9.48. The Labute approximate surface area is 127 Å². The maximum atomic E-state index is 12.0. The molecule has 21 heavy (non-hydrogen) atoms. The Morgan fingerprint density at radius 1 is 1.24 bits per heavy atom. The fraction of sp³-hybridized carbons (Fsp3) is 0.533. The number of hydrogen-bond acceptors (Lipinski definition) is 3. The Morgan fingerprint density at radius 3 is 2.33 bits per heavy atom. The summed E-state index contributed by atoms with van der Waals surface area (Å²) in [5.41, 5.74) is 1.14. The van der Waals surface area contributed by atoms with Gasteiger partial charge in [0.1, 0.15) is 0 Å². The van der Waals surface area contributed by atoms with Crippen LogP contribution in [0.2, 0.25) is 0 Å². The molecule has 1 aromatic rings. The maximum absolute atomic E-state index is 12.0. The van der Waals surface area contributed by atoms with E-state index < -0.39 is 10.0 Å². The van der Waals surface area contributed by atoms with E-state index in [2.05, 4.69) is 10.0 Å². The van der Waals surface area contributed by atoms with Gasteiger partial charge >= 0.3 is 0 Å². The molecule has 1 unspecified atom stereocenters. The van der Waals surface area contributed by atoms with Crippen molar-refractivity contribution in [1.29, 1.82) is 0 Å². The molecule has 2 N–H and O–H groups in total. The van der Waals surface area contributed by atoms with Crippen LogP contribution in [0.25, 0.3) is 0 Å². The molecule has 0 radical (unpaired) electrons. The van der Waals surface area contributed by atoms with Gasteiger partial charge in [0, 0.05) is 6.42 Å². The van der Waals surface area contributed by atoms with Gasteiger partial charge in [0.25, 0.3) is 0 Å². The summed E-state index contributed by atoms with van der Waals surface area (Å²) < 4.78 is 25.2. The van der Waals surface area contributed by atoms with Crippen LogP contribution >= 0.6 is 0 Å². The molecular weight excluding hydrogens is 288 g/mol. The van der Waals surface area contributed by atoms with Crippen LogP contribution in [0.3, 0.4) is 0 Å². The van der Waals surface area contributed by atoms with Crippen molar-refractivity contribution in [1.82, 2.24) is 5.32 Å². The van der Waals surface area contributed by atoms with Crippen molar-refractivity contribution in [3.05, 3.63) is 29.8 Å². The zero-order valence-corrected chi connectivity index (χ0v) is 14.0. The Kier molecular flexibility index (Phi) is 5.39. The van der Waals surface area contributed by atoms with Crippen molar-refractivity contribution in [2.75, 3.05) is 11.0 Å². The molecule has 0 spiro atoms. The van der Waals surface area contributed by atoms with E-state index in [1.54, 1.807) is 18.2 Å². The highest BCUT2D eigenvalue weighted by Gasteiger charge is 2.19. The molecule has 0 heterocycles. The fourth-order valence-electron chi connectivity index (χ4n) is 2.02. The molecule has 5 nitrogen and oxygen atoms in total. The first-order valence-electron chi connectivity index (χ1n) is 6.84. The standard InChI is InChI=1S/C15H24N2O3S/c1-11(16-14(18)10-15(2,3)4)12-8-6-7-9-13(12)17-21(5,19)20/h6-9,11,17H,10H2,1-5H3,(H,16,18). The lowest BCUT2D eigenvalue weighted by Gasteiger charge is -2.22. The molecule has 1 rings (SSSR count). The number of benzene rings is 1. The van der Waals surface area contributed by atoms with Crippen molar-refractivity contribution >= 4 is 21.6 Å². The minimum absolute atomic E-state index is 0.0517. The summed E-state index contributed by atoms with van der Waals surface area (Å²) in [7, 11) is -3.35. The highest BCUT2D eigenvalue weighted by atomic mass is 32.2. The number of amides is 1. The smallest absolute Gasteiger partial charge is 0.229 e. The average molecular weight is 312 g/mol. The fourth-order valence-corrected chi connectivity index (χ4v) is 2.60. The third-order valence-electron chi connectivity index (χ3n) is 2.79. The number of sulfonamides is 1. The monoisotopic (exact) mass is 312 g/mol. The second-order valence-electron chi connectivity index (χ2n) is 6.49. The lowest BCUT2D eigenvalue weighted by atomic mass is 9.91. The van der Waals surface area contributed by atoms with Crippen molar-refractivity contribution in [2.24, 2.45) is 5.41 Å². The number of carbonyl (C=O) groups is 1. The predicted molar refractivity (Wildman–Crippen MR) is 85.5 cm³/mol. The maximum Gasteiger partial charge on any atom is 0.229 e. The first kappa shape index (κ1) is 17.5. The van der Waals surface area contributed by atoms with Gasteiger partial charge in [-0.2, -0.15) is 0 Å². The Morgan fingerprint density at radius 2 is 1.81 bits per heavy atom. The highest BCUT2D eigenvalue weighted by Crippen LogP contribution is 2.24. The quantitative estimate of drug-likeness (QED) is 0.877. The summed E-state index contributed by atoms with van der Waals surface area (Å²) >= 11 is 0. The molecule has 0 bridgehead atoms. The van der Waals surface area contributed by atoms with E-state index in [0.717, 1.165) is 11.8 Å². The minimum atomic E-state index is -3.35. The van der Waals surface area contributed by atoms with Crippen LogP contribution in [0.1, 0.15) is 45.7 Å². The topological polar surface area (TPSA) is 75.3 Å². The summed E-state index contributed by atoms with van der Waals surface area (Å²) in [6, 6.07) is 6.78. The second kappa shape index (κ2) is 6.47. The summed E-state index contributed by atoms with van der Waals surface area (Å²) in [5.74, 6) is -0.0517. The highest BCUT2D eigenvalue weighted by molar-refractivity contribution is 7.92. The number of anilines is 1. The molecule has 6 heteroatoms. The van der Waals surface area contributed by atoms with Crippen LogP contribution in [0.4, 0.5) is 5.69 Å². The van der Waals surface area contributed by atoms with Crippen LogP contribution in [0, 0.1) is 5.41 Å². The van der Waals surface area contributed by atoms with E-state index in [1.807, 2.05) is 33.8 Å². The van der Waals surface area contributed by atoms with Crippen LogP contribution in [-0.2, 0) is 14.8 Å². The zero-order valence-electron chi connectivity index (χ0n) is 13.2. The van der Waals surface area contributed by atoms with E-state index in [1.165, 1.54) is 0 Å². The first-order valence-corrected chi connectivity index (χ1v) is 8.73. The van der Waals surface area contributed by atoms with Gasteiger partial charge in [0.2, 0.25) is 15.9 Å². The van der Waals surface area contributed by atoms with Gasteiger partial charge in [-0.15, -0.1) is 0 Å². The molecule has 0 aliphatic heterocycles. The van der Waals surface area contributed by atoms with Gasteiger partial charge in [-0.05, 0) is 24.0 Å². The van der Waals surface area contributed by atoms with Gasteiger partial charge in [-0.1, -0.05) is 39.0 Å². The molecule has 0 saturated heterocycles. The average Bonchev–Trinajstić information content (AvgIpc) is 2.24. The normalized spacial score (nSPS) is 13.6. The minimum Gasteiger partial charge on any atom is -0.349 e. The van der Waals surface area contributed by atoms with E-state index in [4.69, 9.17) is 0 Å². The number of hydrogen-bond donors (Lipinski definition) is 2. The number of nitrogens with one attached hydrogen (secondary N) is 2. The predicted octanol–water partition coefficient (Wildman–Crippen LogP) is 2.67. The van der Waals surface area contributed by atoms with Crippen molar-refractivity contribution in [3.63, 3.8) is 0 Å². The molecule has 118 valence electrons. The third kappa shape index (κ3) is 6.62. The van der Waals surface area contributed by atoms with Crippen LogP contribution in [-0.4, -0.2) is 20.6 Å². The van der Waals surface area contributed by atoms with E-state index in [-0.39, 0.29) is 17.4 Å². The summed E-state index contributed by atoms with van der Waals surface area (Å²) in [4.78, 5) is 12.0. The molecule has 0 aliphatic rings. The molecular formula is C15H24N2O3S. The summed E-state index contributed by atoms with van der Waals surface area (Å²) in [5, 5.41) is 2.91. The molecule has 0 aliphatic carbocycles. The zero-order chi connectivity index (χ0) is 16.3. The van der Waals surface area contributed by atoms with Crippen molar-refractivity contribution in [3.8, 4) is 0 Å². The van der Waals surface area contributed by atoms with Crippen LogP contribution in [0.5, 0.6) is 0 Å². The lowest BCUT2D eigenvalue weighted by molar-refractivity contribution is -0.123. The number of rotatable bonds is 5. The molecule has 0 fully saturated rings. The molecule has 1 aromatic carbocycles. The largest absolute Gasteiger partial charge is 0.349 e. The van der Waals surface area contributed by atoms with Crippen molar-refractivity contribution in [2.45, 2.75) is 40.2 Å². The second-order valence-corrected chi connectivity index (χ2v) is 8.24. The van der Waals surface area contributed by atoms with Gasteiger partial charge in [-0.25, -0.2) is 8.42 Å². The summed E-state index contributed by atoms with van der Waals surface area (Å²) in [6.07, 6.45) is 1.52. The van der Waals surface area contributed by atoms with Crippen LogP contribution in [0.15, 0.2) is 24.3 Å². The van der Waals surface area contributed by atoms with Gasteiger partial charge in [0.05, 0.1) is 18.0 Å². The van der Waals surface area contributed by atoms with E-state index in [9.17, 15) is 13.2 Å². The SMILES string of the molecule is CC(NC(=O)CC(C)(C)C)c1ccccc1NS(C)(=O)=O. The van der Waals surface area contributed by atoms with Gasteiger partial charge < -0.3 is 5.32 Å². The number of para-hydroxylation sites is 1. The molecule has 0 aromatic heterocycles. The molecule has 1 atom stereocenters. The Bertz CT molecular complexity index is 604. The van der Waals surface area contributed by atoms with E-state index >= 15 is 0 Å². The van der Waals surface area contributed by atoms with Crippen molar-refractivity contribution < 1.29 is 13.2 Å². The third-order valence-corrected chi connectivity index (χ3v) is 3.38. The Balaban J connectivity index is 2.88. The van der Waals surface area contributed by atoms with Gasteiger partial charge in [0.15, 0.2) is 0 Å². The summed E-state index contributed by atoms with van der Waals surface area (Å²) in [6.45, 7) is 7.83. The lowest BCUT2D eigenvalue weighted by Crippen LogP contribution is -2.30. The van der Waals surface area contributed by atoms with Gasteiger partial charge in [-0.3, -0.25) is 9.52 Å². The van der Waals surface area contributed by atoms with E-state index in [0.29, 0.717) is 12.1 Å². The molecule has 0 saturated carbocycles. The Hall–Kier alpha value is -1.56. The number of carbonyl (C=O) groups excluding carboxylic acids is 1.